The van der Waals surface area contributed by atoms with E-state index in [9.17, 15) is 9.59 Å². The van der Waals surface area contributed by atoms with Crippen LogP contribution in [0.1, 0.15) is 58.3 Å². The van der Waals surface area contributed by atoms with Crippen LogP contribution in [-0.4, -0.2) is 51.2 Å². The number of hydrogen-bond donors (Lipinski definition) is 1. The van der Waals surface area contributed by atoms with Crippen molar-refractivity contribution >= 4 is 28.3 Å². The van der Waals surface area contributed by atoms with Crippen molar-refractivity contribution in [1.82, 2.24) is 19.7 Å². The van der Waals surface area contributed by atoms with Gasteiger partial charge in [-0.1, -0.05) is 6.42 Å². The molecule has 0 aliphatic carbocycles. The molecule has 3 heterocycles. The first-order valence-corrected chi connectivity index (χ1v) is 11.7. The molecule has 168 valence electrons. The SMILES string of the molecule is CCOC(=O)c1cnn(-c2ccc(C(=O)Nc3nc(CN4CCCCC4)cs3)cc2)c1C. The third-order valence-electron chi connectivity index (χ3n) is 5.49. The molecule has 0 bridgehead atoms. The molecule has 2 aromatic heterocycles. The van der Waals surface area contributed by atoms with Crippen LogP contribution in [0, 0.1) is 6.92 Å². The maximum atomic E-state index is 12.7. The summed E-state index contributed by atoms with van der Waals surface area (Å²) in [5.74, 6) is -0.602. The van der Waals surface area contributed by atoms with Crippen LogP contribution >= 0.6 is 11.3 Å². The van der Waals surface area contributed by atoms with Crippen LogP contribution in [-0.2, 0) is 11.3 Å². The van der Waals surface area contributed by atoms with Gasteiger partial charge in [-0.3, -0.25) is 15.0 Å². The average Bonchev–Trinajstić information content (AvgIpc) is 3.41. The zero-order valence-corrected chi connectivity index (χ0v) is 19.2. The topological polar surface area (TPSA) is 89.3 Å². The van der Waals surface area contributed by atoms with Gasteiger partial charge in [-0.15, -0.1) is 11.3 Å². The lowest BCUT2D eigenvalue weighted by atomic mass is 10.1. The monoisotopic (exact) mass is 453 g/mol. The summed E-state index contributed by atoms with van der Waals surface area (Å²) in [5, 5.41) is 9.78. The number of carbonyl (C=O) groups excluding carboxylic acids is 2. The highest BCUT2D eigenvalue weighted by atomic mass is 32.1. The Labute approximate surface area is 191 Å². The number of hydrogen-bond acceptors (Lipinski definition) is 7. The summed E-state index contributed by atoms with van der Waals surface area (Å²) < 4.78 is 6.71. The van der Waals surface area contributed by atoms with Crippen molar-refractivity contribution in [1.29, 1.82) is 0 Å². The highest BCUT2D eigenvalue weighted by molar-refractivity contribution is 7.14. The van der Waals surface area contributed by atoms with Gasteiger partial charge in [0, 0.05) is 17.5 Å². The van der Waals surface area contributed by atoms with Gasteiger partial charge in [-0.05, 0) is 64.0 Å². The summed E-state index contributed by atoms with van der Waals surface area (Å²) in [6, 6.07) is 7.07. The third kappa shape index (κ3) is 5.05. The van der Waals surface area contributed by atoms with Crippen molar-refractivity contribution in [2.45, 2.75) is 39.7 Å². The molecule has 0 atom stereocenters. The van der Waals surface area contributed by atoms with Crippen LogP contribution in [0.5, 0.6) is 0 Å². The van der Waals surface area contributed by atoms with Gasteiger partial charge in [0.1, 0.15) is 5.56 Å². The van der Waals surface area contributed by atoms with Gasteiger partial charge in [0.15, 0.2) is 5.13 Å². The molecule has 1 aromatic carbocycles. The Morgan fingerprint density at radius 1 is 1.16 bits per heavy atom. The average molecular weight is 454 g/mol. The van der Waals surface area contributed by atoms with E-state index in [1.54, 1.807) is 35.9 Å². The number of likely N-dealkylation sites (tertiary alicyclic amines) is 1. The second-order valence-corrected chi connectivity index (χ2v) is 8.62. The molecule has 32 heavy (non-hydrogen) atoms. The van der Waals surface area contributed by atoms with E-state index >= 15 is 0 Å². The molecule has 0 saturated carbocycles. The normalized spacial score (nSPS) is 14.3. The van der Waals surface area contributed by atoms with Crippen LogP contribution in [0.3, 0.4) is 0 Å². The maximum Gasteiger partial charge on any atom is 0.341 e. The van der Waals surface area contributed by atoms with Crippen LogP contribution in [0.15, 0.2) is 35.8 Å². The van der Waals surface area contributed by atoms with Gasteiger partial charge < -0.3 is 4.74 Å². The molecule has 0 unspecified atom stereocenters. The van der Waals surface area contributed by atoms with Crippen LogP contribution in [0.2, 0.25) is 0 Å². The lowest BCUT2D eigenvalue weighted by molar-refractivity contribution is 0.0525. The number of thiazole rings is 1. The molecule has 1 N–H and O–H groups in total. The minimum absolute atomic E-state index is 0.208. The third-order valence-corrected chi connectivity index (χ3v) is 6.29. The maximum absolute atomic E-state index is 12.7. The van der Waals surface area contributed by atoms with Crippen LogP contribution in [0.25, 0.3) is 5.69 Å². The fourth-order valence-corrected chi connectivity index (χ4v) is 4.48. The quantitative estimate of drug-likeness (QED) is 0.543. The number of nitrogens with zero attached hydrogens (tertiary/aromatic N) is 4. The van der Waals surface area contributed by atoms with E-state index < -0.39 is 5.97 Å². The lowest BCUT2D eigenvalue weighted by Gasteiger charge is -2.25. The molecular formula is C23H27N5O3S. The number of ether oxygens (including phenoxy) is 1. The van der Waals surface area contributed by atoms with Crippen molar-refractivity contribution in [3.63, 3.8) is 0 Å². The molecule has 3 aromatic rings. The summed E-state index contributed by atoms with van der Waals surface area (Å²) in [6.07, 6.45) is 5.29. The second kappa shape index (κ2) is 10.1. The molecule has 9 heteroatoms. The van der Waals surface area contributed by atoms with E-state index in [1.165, 1.54) is 36.8 Å². The number of carbonyl (C=O) groups is 2. The van der Waals surface area contributed by atoms with Crippen LogP contribution in [0.4, 0.5) is 5.13 Å². The fourth-order valence-electron chi connectivity index (χ4n) is 3.79. The minimum atomic E-state index is -0.393. The molecule has 8 nitrogen and oxygen atoms in total. The molecule has 1 amide bonds. The smallest absolute Gasteiger partial charge is 0.341 e. The number of esters is 1. The van der Waals surface area contributed by atoms with Gasteiger partial charge in [0.05, 0.1) is 29.9 Å². The summed E-state index contributed by atoms with van der Waals surface area (Å²) in [5.41, 5.74) is 3.39. The highest BCUT2D eigenvalue weighted by Crippen LogP contribution is 2.20. The zero-order valence-electron chi connectivity index (χ0n) is 18.3. The molecule has 1 fully saturated rings. The summed E-state index contributed by atoms with van der Waals surface area (Å²) in [4.78, 5) is 31.6. The van der Waals surface area contributed by atoms with Crippen molar-refractivity contribution in [2.75, 3.05) is 25.0 Å². The Morgan fingerprint density at radius 3 is 2.62 bits per heavy atom. The molecule has 0 spiro atoms. The van der Waals surface area contributed by atoms with Crippen molar-refractivity contribution in [3.05, 3.63) is 58.4 Å². The number of nitrogens with one attached hydrogen (secondary N) is 1. The predicted molar refractivity (Wildman–Crippen MR) is 123 cm³/mol. The second-order valence-electron chi connectivity index (χ2n) is 7.76. The Kier molecular flexibility index (Phi) is 6.96. The van der Waals surface area contributed by atoms with Gasteiger partial charge in [0.2, 0.25) is 0 Å². The Bertz CT molecular complexity index is 1080. The largest absolute Gasteiger partial charge is 0.462 e. The Morgan fingerprint density at radius 2 is 1.91 bits per heavy atom. The Hall–Kier alpha value is -3.04. The number of rotatable bonds is 7. The number of piperidine rings is 1. The molecule has 1 aliphatic rings. The molecule has 1 aliphatic heterocycles. The summed E-state index contributed by atoms with van der Waals surface area (Å²) in [7, 11) is 0. The predicted octanol–water partition coefficient (Wildman–Crippen LogP) is 4.05. The van der Waals surface area contributed by atoms with Crippen LogP contribution < -0.4 is 5.32 Å². The number of benzene rings is 1. The van der Waals surface area contributed by atoms with E-state index in [1.807, 2.05) is 12.3 Å². The lowest BCUT2D eigenvalue weighted by Crippen LogP contribution is -2.29. The number of amides is 1. The van der Waals surface area contributed by atoms with Gasteiger partial charge >= 0.3 is 5.97 Å². The first kappa shape index (κ1) is 22.2. The molecule has 1 saturated heterocycles. The first-order valence-electron chi connectivity index (χ1n) is 10.9. The van der Waals surface area contributed by atoms with Crippen molar-refractivity contribution < 1.29 is 14.3 Å². The standard InChI is InChI=1S/C23H27N5O3S/c1-3-31-22(30)20-13-24-28(16(20)2)19-9-7-17(8-10-19)21(29)26-23-25-18(15-32-23)14-27-11-5-4-6-12-27/h7-10,13,15H,3-6,11-12,14H2,1-2H3,(H,25,26,29). The molecular weight excluding hydrogens is 426 g/mol. The Balaban J connectivity index is 1.39. The van der Waals surface area contributed by atoms with Crippen molar-refractivity contribution in [3.8, 4) is 5.69 Å². The van der Waals surface area contributed by atoms with Gasteiger partial charge in [-0.25, -0.2) is 14.5 Å². The van der Waals surface area contributed by atoms with Gasteiger partial charge in [0.25, 0.3) is 5.91 Å². The zero-order chi connectivity index (χ0) is 22.5. The highest BCUT2D eigenvalue weighted by Gasteiger charge is 2.17. The molecule has 4 rings (SSSR count). The van der Waals surface area contributed by atoms with Gasteiger partial charge in [-0.2, -0.15) is 5.10 Å². The van der Waals surface area contributed by atoms with Crippen molar-refractivity contribution in [2.24, 2.45) is 0 Å². The van der Waals surface area contributed by atoms with E-state index in [2.05, 4.69) is 20.3 Å². The van der Waals surface area contributed by atoms with E-state index in [0.29, 0.717) is 28.6 Å². The number of anilines is 1. The van der Waals surface area contributed by atoms with E-state index in [0.717, 1.165) is 31.0 Å². The minimum Gasteiger partial charge on any atom is -0.462 e. The number of aromatic nitrogens is 3. The summed E-state index contributed by atoms with van der Waals surface area (Å²) >= 11 is 1.44. The van der Waals surface area contributed by atoms with E-state index in [-0.39, 0.29) is 5.91 Å². The first-order chi connectivity index (χ1) is 15.5. The fraction of sp³-hybridized carbons (Fsp3) is 0.391. The molecule has 0 radical (unpaired) electrons. The summed E-state index contributed by atoms with van der Waals surface area (Å²) in [6.45, 7) is 6.95. The van der Waals surface area contributed by atoms with E-state index in [4.69, 9.17) is 4.74 Å².